The van der Waals surface area contributed by atoms with E-state index in [9.17, 15) is 22.0 Å². The van der Waals surface area contributed by atoms with E-state index in [1.807, 2.05) is 13.8 Å². The Morgan fingerprint density at radius 1 is 1.00 bits per heavy atom. The zero-order chi connectivity index (χ0) is 22.6. The molecule has 0 bridgehead atoms. The summed E-state index contributed by atoms with van der Waals surface area (Å²) in [4.78, 5) is 20.8. The molecule has 11 heteroatoms. The number of carbonyl (C=O) groups excluding carboxylic acids is 1. The number of sulfone groups is 1. The van der Waals surface area contributed by atoms with E-state index >= 15 is 0 Å². The molecule has 0 aliphatic rings. The van der Waals surface area contributed by atoms with Crippen molar-refractivity contribution in [1.82, 2.24) is 9.88 Å². The van der Waals surface area contributed by atoms with Gasteiger partial charge < -0.3 is 4.90 Å². The lowest BCUT2D eigenvalue weighted by Gasteiger charge is -2.24. The van der Waals surface area contributed by atoms with Crippen LogP contribution in [0.15, 0.2) is 47.4 Å². The van der Waals surface area contributed by atoms with Crippen molar-refractivity contribution in [3.05, 3.63) is 54.1 Å². The van der Waals surface area contributed by atoms with Gasteiger partial charge in [-0.3, -0.25) is 9.69 Å². The van der Waals surface area contributed by atoms with Crippen LogP contribution >= 0.6 is 23.7 Å². The van der Waals surface area contributed by atoms with Crippen LogP contribution in [-0.2, 0) is 14.6 Å². The summed E-state index contributed by atoms with van der Waals surface area (Å²) in [6.07, 6.45) is 0. The first-order valence-corrected chi connectivity index (χ1v) is 12.3. The van der Waals surface area contributed by atoms with Crippen molar-refractivity contribution in [2.24, 2.45) is 0 Å². The van der Waals surface area contributed by atoms with Gasteiger partial charge in [0.25, 0.3) is 0 Å². The van der Waals surface area contributed by atoms with Crippen molar-refractivity contribution in [3.8, 4) is 0 Å². The molecule has 0 radical (unpaired) electrons. The second-order valence-corrected chi connectivity index (χ2v) is 9.89. The second kappa shape index (κ2) is 11.1. The Bertz CT molecular complexity index is 1170. The highest BCUT2D eigenvalue weighted by atomic mass is 35.5. The SMILES string of the molecule is CCN(CC)CCN(C(=O)CS(=O)(=O)c1ccc(F)cc1)c1nc2ccc(F)cc2s1.Cl. The highest BCUT2D eigenvalue weighted by molar-refractivity contribution is 7.92. The predicted octanol–water partition coefficient (Wildman–Crippen LogP) is 4.15. The van der Waals surface area contributed by atoms with E-state index < -0.39 is 33.1 Å². The van der Waals surface area contributed by atoms with Gasteiger partial charge in [0.1, 0.15) is 17.4 Å². The van der Waals surface area contributed by atoms with E-state index in [0.717, 1.165) is 48.7 Å². The fraction of sp³-hybridized carbons (Fsp3) is 0.333. The molecule has 1 aromatic heterocycles. The molecule has 174 valence electrons. The quantitative estimate of drug-likeness (QED) is 0.410. The normalized spacial score (nSPS) is 11.5. The van der Waals surface area contributed by atoms with Crippen molar-refractivity contribution in [2.75, 3.05) is 36.8 Å². The molecule has 1 amide bonds. The molecular weight excluding hydrogens is 480 g/mol. The van der Waals surface area contributed by atoms with Gasteiger partial charge >= 0.3 is 0 Å². The molecule has 0 saturated heterocycles. The second-order valence-electron chi connectivity index (χ2n) is 6.89. The van der Waals surface area contributed by atoms with Gasteiger partial charge in [0.2, 0.25) is 5.91 Å². The van der Waals surface area contributed by atoms with Gasteiger partial charge in [-0.25, -0.2) is 22.2 Å². The molecule has 6 nitrogen and oxygen atoms in total. The lowest BCUT2D eigenvalue weighted by molar-refractivity contribution is -0.116. The monoisotopic (exact) mass is 503 g/mol. The number of benzene rings is 2. The number of anilines is 1. The number of halogens is 3. The number of amides is 1. The summed E-state index contributed by atoms with van der Waals surface area (Å²) in [5, 5.41) is 0.312. The predicted molar refractivity (Wildman–Crippen MR) is 125 cm³/mol. The third kappa shape index (κ3) is 6.22. The summed E-state index contributed by atoms with van der Waals surface area (Å²) < 4.78 is 52.7. The molecule has 0 N–H and O–H groups in total. The van der Waals surface area contributed by atoms with Crippen LogP contribution in [0.4, 0.5) is 13.9 Å². The lowest BCUT2D eigenvalue weighted by Crippen LogP contribution is -2.41. The average molecular weight is 504 g/mol. The van der Waals surface area contributed by atoms with E-state index in [1.165, 1.54) is 23.1 Å². The van der Waals surface area contributed by atoms with Crippen molar-refractivity contribution >= 4 is 54.8 Å². The Labute approximate surface area is 196 Å². The summed E-state index contributed by atoms with van der Waals surface area (Å²) in [5.74, 6) is -2.40. The Morgan fingerprint density at radius 3 is 2.25 bits per heavy atom. The molecule has 0 atom stereocenters. The summed E-state index contributed by atoms with van der Waals surface area (Å²) in [7, 11) is -3.97. The lowest BCUT2D eigenvalue weighted by atomic mass is 10.3. The van der Waals surface area contributed by atoms with Crippen molar-refractivity contribution in [3.63, 3.8) is 0 Å². The molecule has 3 rings (SSSR count). The average Bonchev–Trinajstić information content (AvgIpc) is 3.13. The van der Waals surface area contributed by atoms with Crippen molar-refractivity contribution < 1.29 is 22.0 Å². The fourth-order valence-corrected chi connectivity index (χ4v) is 5.31. The molecule has 0 fully saturated rings. The third-order valence-electron chi connectivity index (χ3n) is 4.89. The molecule has 3 aromatic rings. The minimum absolute atomic E-state index is 0. The molecule has 32 heavy (non-hydrogen) atoms. The summed E-state index contributed by atoms with van der Waals surface area (Å²) in [5.41, 5.74) is 0.531. The van der Waals surface area contributed by atoms with Crippen LogP contribution in [0.5, 0.6) is 0 Å². The molecule has 0 unspecified atom stereocenters. The number of aromatic nitrogens is 1. The van der Waals surface area contributed by atoms with E-state index in [2.05, 4.69) is 9.88 Å². The Morgan fingerprint density at radius 2 is 1.62 bits per heavy atom. The van der Waals surface area contributed by atoms with Crippen LogP contribution in [0.25, 0.3) is 10.2 Å². The van der Waals surface area contributed by atoms with Gasteiger partial charge in [0, 0.05) is 13.1 Å². The van der Waals surface area contributed by atoms with Gasteiger partial charge in [-0.2, -0.15) is 0 Å². The number of nitrogens with zero attached hydrogens (tertiary/aromatic N) is 3. The standard InChI is InChI=1S/C21H23F2N3O3S2.ClH/c1-3-25(4-2)11-12-26(21-24-18-10-7-16(23)13-19(18)30-21)20(27)14-31(28,29)17-8-5-15(22)6-9-17;/h5-10,13H,3-4,11-12,14H2,1-2H3;1H. The zero-order valence-corrected chi connectivity index (χ0v) is 20.1. The topological polar surface area (TPSA) is 70.6 Å². The van der Waals surface area contributed by atoms with Crippen LogP contribution in [0, 0.1) is 11.6 Å². The summed E-state index contributed by atoms with van der Waals surface area (Å²) in [6, 6.07) is 8.49. The van der Waals surface area contributed by atoms with Crippen LogP contribution < -0.4 is 4.90 Å². The van der Waals surface area contributed by atoms with E-state index in [1.54, 1.807) is 0 Å². The van der Waals surface area contributed by atoms with E-state index in [0.29, 0.717) is 21.9 Å². The maximum atomic E-state index is 13.6. The molecule has 1 heterocycles. The number of rotatable bonds is 9. The van der Waals surface area contributed by atoms with E-state index in [4.69, 9.17) is 0 Å². The van der Waals surface area contributed by atoms with Crippen molar-refractivity contribution in [2.45, 2.75) is 18.7 Å². The molecule has 0 saturated carbocycles. The summed E-state index contributed by atoms with van der Waals surface area (Å²) >= 11 is 1.13. The van der Waals surface area contributed by atoms with Gasteiger partial charge in [-0.15, -0.1) is 12.4 Å². The third-order valence-corrected chi connectivity index (χ3v) is 7.55. The first kappa shape index (κ1) is 26.1. The Hall–Kier alpha value is -2.14. The van der Waals surface area contributed by atoms with Crippen LogP contribution in [0.1, 0.15) is 13.8 Å². The Balaban J connectivity index is 0.00000363. The first-order valence-electron chi connectivity index (χ1n) is 9.80. The maximum absolute atomic E-state index is 13.6. The largest absolute Gasteiger partial charge is 0.302 e. The number of thiazole rings is 1. The molecule has 2 aromatic carbocycles. The molecule has 0 spiro atoms. The van der Waals surface area contributed by atoms with Crippen LogP contribution in [0.3, 0.4) is 0 Å². The zero-order valence-electron chi connectivity index (χ0n) is 17.6. The van der Waals surface area contributed by atoms with Gasteiger partial charge in [0.05, 0.1) is 15.1 Å². The first-order chi connectivity index (χ1) is 14.7. The fourth-order valence-electron chi connectivity index (χ4n) is 3.08. The molecular formula is C21H24ClF2N3O3S2. The van der Waals surface area contributed by atoms with Gasteiger partial charge in [-0.05, 0) is 55.6 Å². The highest BCUT2D eigenvalue weighted by Crippen LogP contribution is 2.30. The Kier molecular flexibility index (Phi) is 9.08. The van der Waals surface area contributed by atoms with Gasteiger partial charge in [-0.1, -0.05) is 25.2 Å². The van der Waals surface area contributed by atoms with E-state index in [-0.39, 0.29) is 23.8 Å². The minimum Gasteiger partial charge on any atom is -0.302 e. The van der Waals surface area contributed by atoms with Gasteiger partial charge in [0.15, 0.2) is 15.0 Å². The molecule has 0 aliphatic carbocycles. The minimum atomic E-state index is -3.97. The van der Waals surface area contributed by atoms with Crippen molar-refractivity contribution in [1.29, 1.82) is 0 Å². The maximum Gasteiger partial charge on any atom is 0.244 e. The van der Waals surface area contributed by atoms with Crippen LogP contribution in [-0.4, -0.2) is 56.1 Å². The number of fused-ring (bicyclic) bond motifs is 1. The summed E-state index contributed by atoms with van der Waals surface area (Å²) in [6.45, 7) is 6.31. The molecule has 0 aliphatic heterocycles. The number of hydrogen-bond acceptors (Lipinski definition) is 6. The number of likely N-dealkylation sites (N-methyl/N-ethyl adjacent to an activating group) is 1. The number of hydrogen-bond donors (Lipinski definition) is 0. The smallest absolute Gasteiger partial charge is 0.244 e. The van der Waals surface area contributed by atoms with Crippen LogP contribution in [0.2, 0.25) is 0 Å². The number of carbonyl (C=O) groups is 1. The highest BCUT2D eigenvalue weighted by Gasteiger charge is 2.27.